The SMILES string of the molecule is CCNC(=O)[C@H](C)N(Cc1cccc(Cl)c1)C(=O)COc1cc(OC)cc(OC)c1. The molecule has 0 spiro atoms. The lowest BCUT2D eigenvalue weighted by atomic mass is 10.1. The van der Waals surface area contributed by atoms with Crippen LogP contribution in [0, 0.1) is 0 Å². The topological polar surface area (TPSA) is 77.1 Å². The fourth-order valence-electron chi connectivity index (χ4n) is 2.83. The summed E-state index contributed by atoms with van der Waals surface area (Å²) in [5.74, 6) is 0.936. The molecule has 1 atom stereocenters. The summed E-state index contributed by atoms with van der Waals surface area (Å²) in [6.45, 7) is 3.96. The van der Waals surface area contributed by atoms with E-state index in [1.165, 1.54) is 19.1 Å². The zero-order valence-corrected chi connectivity index (χ0v) is 18.4. The Labute approximate surface area is 181 Å². The zero-order chi connectivity index (χ0) is 22.1. The molecule has 0 heterocycles. The van der Waals surface area contributed by atoms with E-state index in [1.807, 2.05) is 13.0 Å². The third-order valence-corrected chi connectivity index (χ3v) is 4.68. The molecule has 0 aliphatic rings. The van der Waals surface area contributed by atoms with Gasteiger partial charge in [-0.15, -0.1) is 0 Å². The van der Waals surface area contributed by atoms with Gasteiger partial charge in [-0.1, -0.05) is 23.7 Å². The molecule has 2 amide bonds. The molecule has 1 N–H and O–H groups in total. The number of benzene rings is 2. The van der Waals surface area contributed by atoms with Crippen LogP contribution >= 0.6 is 11.6 Å². The molecule has 8 heteroatoms. The van der Waals surface area contributed by atoms with Crippen molar-refractivity contribution in [3.63, 3.8) is 0 Å². The highest BCUT2D eigenvalue weighted by atomic mass is 35.5. The number of carbonyl (C=O) groups excluding carboxylic acids is 2. The second-order valence-electron chi connectivity index (χ2n) is 6.56. The maximum absolute atomic E-state index is 13.0. The number of rotatable bonds is 10. The molecule has 2 rings (SSSR count). The Bertz CT molecular complexity index is 852. The van der Waals surface area contributed by atoms with Crippen molar-refractivity contribution in [2.24, 2.45) is 0 Å². The van der Waals surface area contributed by atoms with Gasteiger partial charge in [-0.3, -0.25) is 9.59 Å². The van der Waals surface area contributed by atoms with E-state index in [-0.39, 0.29) is 25.0 Å². The first kappa shape index (κ1) is 23.3. The van der Waals surface area contributed by atoms with Crippen LogP contribution in [0.1, 0.15) is 19.4 Å². The van der Waals surface area contributed by atoms with Crippen LogP contribution in [0.5, 0.6) is 17.2 Å². The molecule has 0 saturated carbocycles. The minimum absolute atomic E-state index is 0.225. The van der Waals surface area contributed by atoms with Crippen molar-refractivity contribution in [1.29, 1.82) is 0 Å². The number of amides is 2. The van der Waals surface area contributed by atoms with Gasteiger partial charge in [-0.25, -0.2) is 0 Å². The molecule has 0 unspecified atom stereocenters. The van der Waals surface area contributed by atoms with Gasteiger partial charge in [-0.2, -0.15) is 0 Å². The Morgan fingerprint density at radius 2 is 1.70 bits per heavy atom. The number of likely N-dealkylation sites (N-methyl/N-ethyl adjacent to an activating group) is 1. The van der Waals surface area contributed by atoms with Gasteiger partial charge in [0.05, 0.1) is 14.2 Å². The summed E-state index contributed by atoms with van der Waals surface area (Å²) in [5, 5.41) is 3.31. The van der Waals surface area contributed by atoms with Crippen LogP contribution in [0.15, 0.2) is 42.5 Å². The van der Waals surface area contributed by atoms with E-state index in [9.17, 15) is 9.59 Å². The first-order chi connectivity index (χ1) is 14.4. The van der Waals surface area contributed by atoms with E-state index in [4.69, 9.17) is 25.8 Å². The van der Waals surface area contributed by atoms with E-state index >= 15 is 0 Å². The monoisotopic (exact) mass is 434 g/mol. The van der Waals surface area contributed by atoms with Crippen molar-refractivity contribution >= 4 is 23.4 Å². The Morgan fingerprint density at radius 1 is 1.07 bits per heavy atom. The highest BCUT2D eigenvalue weighted by molar-refractivity contribution is 6.30. The van der Waals surface area contributed by atoms with Crippen molar-refractivity contribution < 1.29 is 23.8 Å². The number of nitrogens with zero attached hydrogens (tertiary/aromatic N) is 1. The Hall–Kier alpha value is -2.93. The second kappa shape index (κ2) is 11.3. The molecule has 0 bridgehead atoms. The van der Waals surface area contributed by atoms with Crippen LogP contribution in [0.25, 0.3) is 0 Å². The Balaban J connectivity index is 2.18. The van der Waals surface area contributed by atoms with Gasteiger partial charge in [-0.05, 0) is 31.5 Å². The number of hydrogen-bond acceptors (Lipinski definition) is 5. The summed E-state index contributed by atoms with van der Waals surface area (Å²) in [6, 6.07) is 11.5. The smallest absolute Gasteiger partial charge is 0.261 e. The quantitative estimate of drug-likeness (QED) is 0.621. The molecule has 0 fully saturated rings. The van der Waals surface area contributed by atoms with Gasteiger partial charge in [0.1, 0.15) is 23.3 Å². The third kappa shape index (κ3) is 6.56. The minimum atomic E-state index is -0.681. The van der Waals surface area contributed by atoms with Crippen molar-refractivity contribution in [1.82, 2.24) is 10.2 Å². The van der Waals surface area contributed by atoms with Crippen LogP contribution < -0.4 is 19.5 Å². The minimum Gasteiger partial charge on any atom is -0.496 e. The molecule has 7 nitrogen and oxygen atoms in total. The average molecular weight is 435 g/mol. The molecule has 0 radical (unpaired) electrons. The summed E-state index contributed by atoms with van der Waals surface area (Å²) >= 11 is 6.07. The molecule has 0 aliphatic carbocycles. The van der Waals surface area contributed by atoms with Crippen molar-refractivity contribution in [3.8, 4) is 17.2 Å². The lowest BCUT2D eigenvalue weighted by Gasteiger charge is -2.28. The van der Waals surface area contributed by atoms with Gasteiger partial charge < -0.3 is 24.4 Å². The van der Waals surface area contributed by atoms with E-state index in [0.29, 0.717) is 28.8 Å². The molecular formula is C22H27ClN2O5. The molecule has 162 valence electrons. The maximum atomic E-state index is 13.0. The molecular weight excluding hydrogens is 408 g/mol. The van der Waals surface area contributed by atoms with Gasteiger partial charge in [0.2, 0.25) is 5.91 Å². The molecule has 0 saturated heterocycles. The van der Waals surface area contributed by atoms with Gasteiger partial charge >= 0.3 is 0 Å². The highest BCUT2D eigenvalue weighted by Crippen LogP contribution is 2.27. The number of hydrogen-bond donors (Lipinski definition) is 1. The standard InChI is InChI=1S/C22H27ClN2O5/c1-5-24-22(27)15(2)25(13-16-7-6-8-17(23)9-16)21(26)14-30-20-11-18(28-3)10-19(12-20)29-4/h6-12,15H,5,13-14H2,1-4H3,(H,24,27)/t15-/m0/s1. The molecule has 0 aromatic heterocycles. The van der Waals surface area contributed by atoms with Crippen LogP contribution in [0.4, 0.5) is 0 Å². The van der Waals surface area contributed by atoms with Gasteiger partial charge in [0.25, 0.3) is 5.91 Å². The van der Waals surface area contributed by atoms with Crippen LogP contribution in [-0.2, 0) is 16.1 Å². The number of methoxy groups -OCH3 is 2. The largest absolute Gasteiger partial charge is 0.496 e. The molecule has 0 aliphatic heterocycles. The lowest BCUT2D eigenvalue weighted by Crippen LogP contribution is -2.49. The normalized spacial score (nSPS) is 11.4. The highest BCUT2D eigenvalue weighted by Gasteiger charge is 2.26. The summed E-state index contributed by atoms with van der Waals surface area (Å²) in [7, 11) is 3.06. The molecule has 2 aromatic carbocycles. The van der Waals surface area contributed by atoms with Crippen LogP contribution in [0.3, 0.4) is 0 Å². The van der Waals surface area contributed by atoms with Crippen LogP contribution in [-0.4, -0.2) is 50.1 Å². The number of nitrogens with one attached hydrogen (secondary N) is 1. The fraction of sp³-hybridized carbons (Fsp3) is 0.364. The third-order valence-electron chi connectivity index (χ3n) is 4.45. The first-order valence-corrected chi connectivity index (χ1v) is 9.93. The summed E-state index contributed by atoms with van der Waals surface area (Å²) in [6.07, 6.45) is 0. The van der Waals surface area contributed by atoms with E-state index < -0.39 is 6.04 Å². The summed E-state index contributed by atoms with van der Waals surface area (Å²) in [4.78, 5) is 26.8. The number of carbonyl (C=O) groups is 2. The van der Waals surface area contributed by atoms with Crippen LogP contribution in [0.2, 0.25) is 5.02 Å². The van der Waals surface area contributed by atoms with E-state index in [2.05, 4.69) is 5.32 Å². The van der Waals surface area contributed by atoms with E-state index in [0.717, 1.165) is 5.56 Å². The van der Waals surface area contributed by atoms with Gasteiger partial charge in [0.15, 0.2) is 6.61 Å². The average Bonchev–Trinajstić information content (AvgIpc) is 2.75. The first-order valence-electron chi connectivity index (χ1n) is 9.55. The molecule has 2 aromatic rings. The number of halogens is 1. The summed E-state index contributed by atoms with van der Waals surface area (Å²) in [5.41, 5.74) is 0.815. The van der Waals surface area contributed by atoms with Gasteiger partial charge in [0, 0.05) is 36.3 Å². The Kier molecular flexibility index (Phi) is 8.80. The summed E-state index contributed by atoms with van der Waals surface area (Å²) < 4.78 is 16.1. The fourth-order valence-corrected chi connectivity index (χ4v) is 3.04. The molecule has 30 heavy (non-hydrogen) atoms. The lowest BCUT2D eigenvalue weighted by molar-refractivity contribution is -0.142. The van der Waals surface area contributed by atoms with Crippen molar-refractivity contribution in [2.75, 3.05) is 27.4 Å². The second-order valence-corrected chi connectivity index (χ2v) is 7.00. The van der Waals surface area contributed by atoms with Crippen molar-refractivity contribution in [3.05, 3.63) is 53.1 Å². The zero-order valence-electron chi connectivity index (χ0n) is 17.6. The Morgan fingerprint density at radius 3 is 2.27 bits per heavy atom. The van der Waals surface area contributed by atoms with Crippen molar-refractivity contribution in [2.45, 2.75) is 26.4 Å². The predicted octanol–water partition coefficient (Wildman–Crippen LogP) is 3.29. The van der Waals surface area contributed by atoms with E-state index in [1.54, 1.807) is 43.3 Å². The maximum Gasteiger partial charge on any atom is 0.261 e. The number of ether oxygens (including phenoxy) is 3. The predicted molar refractivity (Wildman–Crippen MR) is 115 cm³/mol.